The van der Waals surface area contributed by atoms with E-state index < -0.39 is 0 Å². The third kappa shape index (κ3) is 2.50. The zero-order valence-corrected chi connectivity index (χ0v) is 13.6. The third-order valence-corrected chi connectivity index (χ3v) is 4.74. The first-order valence-corrected chi connectivity index (χ1v) is 8.03. The fraction of sp³-hybridized carbons (Fsp3) is 0.188. The fourth-order valence-corrected chi connectivity index (χ4v) is 3.60. The van der Waals surface area contributed by atoms with E-state index in [4.69, 9.17) is 0 Å². The number of aromatic nitrogens is 4. The van der Waals surface area contributed by atoms with E-state index in [9.17, 15) is 4.39 Å². The molecule has 3 heterocycles. The molecule has 0 radical (unpaired) electrons. The molecule has 0 aliphatic carbocycles. The van der Waals surface area contributed by atoms with E-state index in [0.717, 1.165) is 10.0 Å². The van der Waals surface area contributed by atoms with Crippen molar-refractivity contribution in [1.82, 2.24) is 19.7 Å². The first-order chi connectivity index (χ1) is 11.2. The van der Waals surface area contributed by atoms with Crippen LogP contribution in [0.3, 0.4) is 0 Å². The van der Waals surface area contributed by atoms with Crippen molar-refractivity contribution in [1.29, 1.82) is 0 Å². The van der Waals surface area contributed by atoms with Crippen LogP contribution in [-0.2, 0) is 0 Å². The predicted molar refractivity (Wildman–Crippen MR) is 87.5 cm³/mol. The van der Waals surface area contributed by atoms with Crippen LogP contribution in [0.25, 0.3) is 0 Å². The van der Waals surface area contributed by atoms with Crippen molar-refractivity contribution in [3.05, 3.63) is 70.5 Å². The number of hydrogen-bond acceptors (Lipinski definition) is 4. The Bertz CT molecular complexity index is 815. The maximum atomic E-state index is 14.4. The molecule has 7 heteroatoms. The lowest BCUT2D eigenvalue weighted by atomic mass is 9.94. The zero-order chi connectivity index (χ0) is 15.8. The number of halogens is 2. The molecule has 0 unspecified atom stereocenters. The van der Waals surface area contributed by atoms with Crippen LogP contribution in [0.2, 0.25) is 0 Å². The minimum absolute atomic E-state index is 0.00286. The molecule has 4 rings (SSSR count). The van der Waals surface area contributed by atoms with E-state index in [2.05, 4.69) is 36.3 Å². The molecule has 0 amide bonds. The minimum Gasteiger partial charge on any atom is -0.347 e. The van der Waals surface area contributed by atoms with Crippen molar-refractivity contribution in [2.75, 3.05) is 5.32 Å². The van der Waals surface area contributed by atoms with Crippen LogP contribution in [0.1, 0.15) is 29.6 Å². The largest absolute Gasteiger partial charge is 0.347 e. The lowest BCUT2D eigenvalue weighted by molar-refractivity contribution is 0.414. The normalized spacial score (nSPS) is 19.9. The third-order valence-electron chi connectivity index (χ3n) is 4.05. The van der Waals surface area contributed by atoms with E-state index in [1.807, 2.05) is 24.4 Å². The van der Waals surface area contributed by atoms with Gasteiger partial charge in [0.2, 0.25) is 5.95 Å². The summed E-state index contributed by atoms with van der Waals surface area (Å²) in [6.07, 6.45) is 5.69. The highest BCUT2D eigenvalue weighted by molar-refractivity contribution is 9.10. The summed E-state index contributed by atoms with van der Waals surface area (Å²) in [5.74, 6) is 0.378. The van der Waals surface area contributed by atoms with Crippen LogP contribution in [0.4, 0.5) is 10.3 Å². The highest BCUT2D eigenvalue weighted by atomic mass is 79.9. The van der Waals surface area contributed by atoms with E-state index in [1.54, 1.807) is 16.9 Å². The lowest BCUT2D eigenvalue weighted by Gasteiger charge is -2.32. The Morgan fingerprint density at radius 1 is 1.26 bits per heavy atom. The van der Waals surface area contributed by atoms with Gasteiger partial charge in [-0.15, -0.1) is 0 Å². The Morgan fingerprint density at radius 2 is 2.17 bits per heavy atom. The molecule has 1 aliphatic heterocycles. The molecule has 0 fully saturated rings. The second kappa shape index (κ2) is 5.73. The van der Waals surface area contributed by atoms with Crippen LogP contribution < -0.4 is 5.32 Å². The molecule has 1 N–H and O–H groups in total. The maximum absolute atomic E-state index is 14.4. The average molecular weight is 374 g/mol. The number of fused-ring (bicyclic) bond motifs is 1. The van der Waals surface area contributed by atoms with Gasteiger partial charge < -0.3 is 5.32 Å². The molecule has 2 atom stereocenters. The average Bonchev–Trinajstić information content (AvgIpc) is 3.04. The first-order valence-electron chi connectivity index (χ1n) is 7.24. The standard InChI is InChI=1S/C16H13BrFN5/c17-11-4-1-5-12(18)15(11)14-7-13(10-3-2-6-19-8-10)22-16-20-9-21-23(14)16/h1-6,8-9,13-14H,7H2,(H,20,21,22)/t13-,14+/m1/s1. The number of nitrogens with zero attached hydrogens (tertiary/aromatic N) is 4. The second-order valence-electron chi connectivity index (χ2n) is 5.40. The van der Waals surface area contributed by atoms with E-state index in [0.29, 0.717) is 17.9 Å². The molecule has 0 bridgehead atoms. The zero-order valence-electron chi connectivity index (χ0n) is 12.0. The van der Waals surface area contributed by atoms with Crippen molar-refractivity contribution >= 4 is 21.9 Å². The number of rotatable bonds is 2. The summed E-state index contributed by atoms with van der Waals surface area (Å²) in [6, 6.07) is 8.65. The quantitative estimate of drug-likeness (QED) is 0.743. The summed E-state index contributed by atoms with van der Waals surface area (Å²) < 4.78 is 16.9. The van der Waals surface area contributed by atoms with Gasteiger partial charge in [-0.3, -0.25) is 4.98 Å². The SMILES string of the molecule is Fc1cccc(Br)c1[C@@H]1C[C@H](c2cccnc2)Nc2ncnn21. The van der Waals surface area contributed by atoms with Crippen molar-refractivity contribution < 1.29 is 4.39 Å². The monoisotopic (exact) mass is 373 g/mol. The van der Waals surface area contributed by atoms with Crippen LogP contribution >= 0.6 is 15.9 Å². The molecular formula is C16H13BrFN5. The summed E-state index contributed by atoms with van der Waals surface area (Å²) >= 11 is 3.46. The number of anilines is 1. The van der Waals surface area contributed by atoms with Gasteiger partial charge in [0.25, 0.3) is 0 Å². The lowest BCUT2D eigenvalue weighted by Crippen LogP contribution is -2.28. The van der Waals surface area contributed by atoms with E-state index in [1.165, 1.54) is 12.4 Å². The summed E-state index contributed by atoms with van der Waals surface area (Å²) in [5, 5.41) is 7.61. The van der Waals surface area contributed by atoms with Crippen LogP contribution in [0, 0.1) is 5.82 Å². The summed E-state index contributed by atoms with van der Waals surface area (Å²) in [6.45, 7) is 0. The molecule has 2 aromatic heterocycles. The Kier molecular flexibility index (Phi) is 3.57. The maximum Gasteiger partial charge on any atom is 0.222 e. The number of benzene rings is 1. The molecule has 1 aromatic carbocycles. The first kappa shape index (κ1) is 14.3. The van der Waals surface area contributed by atoms with Gasteiger partial charge in [-0.2, -0.15) is 10.1 Å². The van der Waals surface area contributed by atoms with Crippen molar-refractivity contribution in [3.8, 4) is 0 Å². The molecular weight excluding hydrogens is 361 g/mol. The van der Waals surface area contributed by atoms with Crippen LogP contribution in [0.15, 0.2) is 53.5 Å². The van der Waals surface area contributed by atoms with E-state index >= 15 is 0 Å². The van der Waals surface area contributed by atoms with Gasteiger partial charge in [-0.1, -0.05) is 28.1 Å². The number of hydrogen-bond donors (Lipinski definition) is 1. The molecule has 1 aliphatic rings. The second-order valence-corrected chi connectivity index (χ2v) is 6.25. The minimum atomic E-state index is -0.252. The Morgan fingerprint density at radius 3 is 2.96 bits per heavy atom. The highest BCUT2D eigenvalue weighted by Gasteiger charge is 2.32. The highest BCUT2D eigenvalue weighted by Crippen LogP contribution is 2.40. The molecule has 116 valence electrons. The van der Waals surface area contributed by atoms with E-state index in [-0.39, 0.29) is 17.9 Å². The fourth-order valence-electron chi connectivity index (χ4n) is 2.99. The smallest absolute Gasteiger partial charge is 0.222 e. The molecule has 0 saturated carbocycles. The van der Waals surface area contributed by atoms with Gasteiger partial charge in [-0.25, -0.2) is 9.07 Å². The van der Waals surface area contributed by atoms with Crippen LogP contribution in [-0.4, -0.2) is 19.7 Å². The molecule has 0 spiro atoms. The van der Waals surface area contributed by atoms with Gasteiger partial charge in [0.1, 0.15) is 12.1 Å². The van der Waals surface area contributed by atoms with Crippen molar-refractivity contribution in [2.45, 2.75) is 18.5 Å². The molecule has 23 heavy (non-hydrogen) atoms. The molecule has 3 aromatic rings. The van der Waals surface area contributed by atoms with Gasteiger partial charge in [0.15, 0.2) is 0 Å². The van der Waals surface area contributed by atoms with Gasteiger partial charge in [0.05, 0.1) is 12.1 Å². The van der Waals surface area contributed by atoms with Crippen molar-refractivity contribution in [3.63, 3.8) is 0 Å². The summed E-state index contributed by atoms with van der Waals surface area (Å²) in [5.41, 5.74) is 1.63. The topological polar surface area (TPSA) is 55.6 Å². The van der Waals surface area contributed by atoms with Crippen molar-refractivity contribution in [2.24, 2.45) is 0 Å². The number of nitrogens with one attached hydrogen (secondary N) is 1. The Balaban J connectivity index is 1.80. The number of pyridine rings is 1. The summed E-state index contributed by atoms with van der Waals surface area (Å²) in [4.78, 5) is 8.42. The summed E-state index contributed by atoms with van der Waals surface area (Å²) in [7, 11) is 0. The van der Waals surface area contributed by atoms with Crippen LogP contribution in [0.5, 0.6) is 0 Å². The predicted octanol–water partition coefficient (Wildman–Crippen LogP) is 3.72. The van der Waals surface area contributed by atoms with Gasteiger partial charge in [-0.05, 0) is 30.2 Å². The van der Waals surface area contributed by atoms with Gasteiger partial charge in [0, 0.05) is 22.4 Å². The molecule has 0 saturated heterocycles. The Labute approximate surface area is 140 Å². The Hall–Kier alpha value is -2.28. The molecule has 5 nitrogen and oxygen atoms in total. The van der Waals surface area contributed by atoms with Gasteiger partial charge >= 0.3 is 0 Å².